The summed E-state index contributed by atoms with van der Waals surface area (Å²) in [6.45, 7) is 0. The molecule has 2 heteroatoms. The van der Waals surface area contributed by atoms with Crippen molar-refractivity contribution in [3.63, 3.8) is 0 Å². The van der Waals surface area contributed by atoms with Crippen LogP contribution in [-0.2, 0) is 4.79 Å². The molecule has 0 aromatic heterocycles. The number of benzene rings is 1. The monoisotopic (exact) mass is 300 g/mol. The van der Waals surface area contributed by atoms with Gasteiger partial charge in [-0.05, 0) is 55.9 Å². The lowest BCUT2D eigenvalue weighted by atomic mass is 9.74. The van der Waals surface area contributed by atoms with Gasteiger partial charge in [-0.25, -0.2) is 0 Å². The van der Waals surface area contributed by atoms with Crippen LogP contribution in [0.3, 0.4) is 0 Å². The molecule has 1 fully saturated rings. The summed E-state index contributed by atoms with van der Waals surface area (Å²) in [5.74, 6) is 0.801. The van der Waals surface area contributed by atoms with E-state index in [0.29, 0.717) is 12.3 Å². The Bertz CT molecular complexity index is 464. The van der Waals surface area contributed by atoms with Gasteiger partial charge in [-0.2, -0.15) is 0 Å². The van der Waals surface area contributed by atoms with Gasteiger partial charge in [0, 0.05) is 6.42 Å². The molecule has 0 bridgehead atoms. The first-order valence-corrected chi connectivity index (χ1v) is 8.69. The van der Waals surface area contributed by atoms with E-state index in [0.717, 1.165) is 25.2 Å². The van der Waals surface area contributed by atoms with Crippen molar-refractivity contribution in [2.75, 3.05) is 0 Å². The fourth-order valence-electron chi connectivity index (χ4n) is 3.56. The number of carboxylic acids is 1. The van der Waals surface area contributed by atoms with Crippen molar-refractivity contribution in [3.8, 4) is 0 Å². The number of unbranched alkanes of at least 4 members (excludes halogenated alkanes) is 2. The molecule has 2 nitrogen and oxygen atoms in total. The normalized spacial score (nSPS) is 22.0. The van der Waals surface area contributed by atoms with Crippen LogP contribution in [0.2, 0.25) is 0 Å². The smallest absolute Gasteiger partial charge is 0.303 e. The van der Waals surface area contributed by atoms with Crippen LogP contribution in [0.15, 0.2) is 42.5 Å². The van der Waals surface area contributed by atoms with Gasteiger partial charge in [-0.15, -0.1) is 0 Å². The van der Waals surface area contributed by atoms with E-state index < -0.39 is 5.97 Å². The second-order valence-electron chi connectivity index (χ2n) is 6.41. The van der Waals surface area contributed by atoms with Crippen molar-refractivity contribution in [2.24, 2.45) is 5.92 Å². The summed E-state index contributed by atoms with van der Waals surface area (Å²) < 4.78 is 0. The van der Waals surface area contributed by atoms with E-state index >= 15 is 0 Å². The fraction of sp³-hybridized carbons (Fsp3) is 0.550. The second-order valence-corrected chi connectivity index (χ2v) is 6.41. The van der Waals surface area contributed by atoms with E-state index in [-0.39, 0.29) is 0 Å². The number of allylic oxidation sites excluding steroid dienone is 2. The van der Waals surface area contributed by atoms with Gasteiger partial charge in [0.1, 0.15) is 0 Å². The molecule has 0 amide bonds. The SMILES string of the molecule is O=C(O)CCCC/C=C\CC1CCCCC1c1ccccc1. The molecule has 22 heavy (non-hydrogen) atoms. The quantitative estimate of drug-likeness (QED) is 0.504. The second kappa shape index (κ2) is 9.45. The molecule has 1 aromatic rings. The first kappa shape index (κ1) is 16.8. The molecule has 2 atom stereocenters. The maximum atomic E-state index is 10.4. The van der Waals surface area contributed by atoms with Gasteiger partial charge in [0.05, 0.1) is 0 Å². The van der Waals surface area contributed by atoms with Crippen LogP contribution >= 0.6 is 0 Å². The summed E-state index contributed by atoms with van der Waals surface area (Å²) in [4.78, 5) is 10.4. The topological polar surface area (TPSA) is 37.3 Å². The van der Waals surface area contributed by atoms with Crippen molar-refractivity contribution in [1.29, 1.82) is 0 Å². The minimum atomic E-state index is -0.683. The zero-order valence-corrected chi connectivity index (χ0v) is 13.4. The third kappa shape index (κ3) is 5.67. The Morgan fingerprint density at radius 1 is 1.09 bits per heavy atom. The van der Waals surface area contributed by atoms with Crippen molar-refractivity contribution in [3.05, 3.63) is 48.0 Å². The zero-order chi connectivity index (χ0) is 15.6. The summed E-state index contributed by atoms with van der Waals surface area (Å²) >= 11 is 0. The van der Waals surface area contributed by atoms with Crippen LogP contribution in [0.25, 0.3) is 0 Å². The molecular weight excluding hydrogens is 272 g/mol. The van der Waals surface area contributed by atoms with E-state index in [2.05, 4.69) is 42.5 Å². The van der Waals surface area contributed by atoms with Gasteiger partial charge >= 0.3 is 5.97 Å². The van der Waals surface area contributed by atoms with Crippen LogP contribution in [0.1, 0.15) is 69.3 Å². The van der Waals surface area contributed by atoms with Gasteiger partial charge in [0.15, 0.2) is 0 Å². The van der Waals surface area contributed by atoms with Gasteiger partial charge < -0.3 is 5.11 Å². The first-order valence-electron chi connectivity index (χ1n) is 8.69. The maximum Gasteiger partial charge on any atom is 0.303 e. The number of aliphatic carboxylic acids is 1. The molecule has 2 unspecified atom stereocenters. The molecule has 0 heterocycles. The van der Waals surface area contributed by atoms with Crippen molar-refractivity contribution in [2.45, 2.75) is 63.7 Å². The third-order valence-corrected chi connectivity index (χ3v) is 4.75. The van der Waals surface area contributed by atoms with Crippen molar-refractivity contribution >= 4 is 5.97 Å². The third-order valence-electron chi connectivity index (χ3n) is 4.75. The Balaban J connectivity index is 1.76. The number of hydrogen-bond acceptors (Lipinski definition) is 1. The summed E-state index contributed by atoms with van der Waals surface area (Å²) in [5.41, 5.74) is 1.50. The summed E-state index contributed by atoms with van der Waals surface area (Å²) in [6.07, 6.45) is 14.2. The van der Waals surface area contributed by atoms with Gasteiger partial charge in [0.25, 0.3) is 0 Å². The highest BCUT2D eigenvalue weighted by atomic mass is 16.4. The van der Waals surface area contributed by atoms with E-state index in [1.165, 1.54) is 37.7 Å². The van der Waals surface area contributed by atoms with E-state index in [4.69, 9.17) is 5.11 Å². The predicted molar refractivity (Wildman–Crippen MR) is 91.0 cm³/mol. The molecule has 0 spiro atoms. The van der Waals surface area contributed by atoms with E-state index in [9.17, 15) is 4.79 Å². The molecule has 0 aliphatic heterocycles. The van der Waals surface area contributed by atoms with Gasteiger partial charge in [0.2, 0.25) is 0 Å². The Morgan fingerprint density at radius 3 is 2.64 bits per heavy atom. The van der Waals surface area contributed by atoms with Crippen LogP contribution in [0, 0.1) is 5.92 Å². The van der Waals surface area contributed by atoms with E-state index in [1.807, 2.05) is 0 Å². The molecule has 1 aromatic carbocycles. The zero-order valence-electron chi connectivity index (χ0n) is 13.4. The largest absolute Gasteiger partial charge is 0.481 e. The fourth-order valence-corrected chi connectivity index (χ4v) is 3.56. The lowest BCUT2D eigenvalue weighted by molar-refractivity contribution is -0.137. The lowest BCUT2D eigenvalue weighted by Gasteiger charge is -2.31. The van der Waals surface area contributed by atoms with Crippen LogP contribution in [0.4, 0.5) is 0 Å². The highest BCUT2D eigenvalue weighted by molar-refractivity contribution is 5.66. The summed E-state index contributed by atoms with van der Waals surface area (Å²) in [7, 11) is 0. The Kier molecular flexibility index (Phi) is 7.21. The molecular formula is C20H28O2. The number of rotatable bonds is 8. The average Bonchev–Trinajstić information content (AvgIpc) is 2.55. The molecule has 1 N–H and O–H groups in total. The number of carboxylic acid groups (broad SMARTS) is 1. The summed E-state index contributed by atoms with van der Waals surface area (Å²) in [5, 5.41) is 8.61. The van der Waals surface area contributed by atoms with Gasteiger partial charge in [-0.1, -0.05) is 55.3 Å². The molecule has 1 aliphatic rings. The molecule has 2 rings (SSSR count). The minimum absolute atomic E-state index is 0.298. The highest BCUT2D eigenvalue weighted by Crippen LogP contribution is 2.39. The van der Waals surface area contributed by atoms with E-state index in [1.54, 1.807) is 0 Å². The highest BCUT2D eigenvalue weighted by Gasteiger charge is 2.25. The number of carbonyl (C=O) groups is 1. The van der Waals surface area contributed by atoms with Crippen LogP contribution in [0.5, 0.6) is 0 Å². The van der Waals surface area contributed by atoms with Crippen LogP contribution in [-0.4, -0.2) is 11.1 Å². The Morgan fingerprint density at radius 2 is 1.86 bits per heavy atom. The Hall–Kier alpha value is -1.57. The standard InChI is InChI=1S/C20H28O2/c21-20(22)16-8-3-1-2-5-11-18-14-9-10-15-19(18)17-12-6-4-7-13-17/h2,4-7,12-13,18-19H,1,3,8-11,14-16H2,(H,21,22)/b5-2-. The maximum absolute atomic E-state index is 10.4. The molecule has 1 aliphatic carbocycles. The lowest BCUT2D eigenvalue weighted by Crippen LogP contribution is -2.17. The average molecular weight is 300 g/mol. The van der Waals surface area contributed by atoms with Gasteiger partial charge in [-0.3, -0.25) is 4.79 Å². The molecule has 1 saturated carbocycles. The first-order chi connectivity index (χ1) is 10.8. The summed E-state index contributed by atoms with van der Waals surface area (Å²) in [6, 6.07) is 11.0. The van der Waals surface area contributed by atoms with Crippen molar-refractivity contribution < 1.29 is 9.90 Å². The molecule has 120 valence electrons. The minimum Gasteiger partial charge on any atom is -0.481 e. The number of hydrogen-bond donors (Lipinski definition) is 1. The Labute approximate surface area is 134 Å². The molecule has 0 radical (unpaired) electrons. The molecule has 0 saturated heterocycles. The predicted octanol–water partition coefficient (Wildman–Crippen LogP) is 5.55. The van der Waals surface area contributed by atoms with Crippen LogP contribution < -0.4 is 0 Å². The van der Waals surface area contributed by atoms with Crippen molar-refractivity contribution in [1.82, 2.24) is 0 Å².